The molecule has 11 heteroatoms. The highest BCUT2D eigenvalue weighted by Gasteiger charge is 2.24. The molecular formula is C20H22N6O5. The molecule has 0 saturated carbocycles. The SMILES string of the molecule is CCOC(=O)c1c(C)oc2nc(COC(=O)c3ccc(N4CCCC4)nn3)nc(N)c12. The van der Waals surface area contributed by atoms with Gasteiger partial charge in [-0.25, -0.2) is 14.6 Å². The maximum absolute atomic E-state index is 12.3. The number of aryl methyl sites for hydroxylation is 1. The molecule has 4 rings (SSSR count). The van der Waals surface area contributed by atoms with E-state index in [1.807, 2.05) is 0 Å². The number of esters is 2. The Bertz CT molecular complexity index is 1120. The lowest BCUT2D eigenvalue weighted by molar-refractivity contribution is 0.0453. The van der Waals surface area contributed by atoms with Gasteiger partial charge in [0.15, 0.2) is 23.9 Å². The summed E-state index contributed by atoms with van der Waals surface area (Å²) in [6, 6.07) is 3.32. The van der Waals surface area contributed by atoms with Crippen molar-refractivity contribution in [3.05, 3.63) is 35.0 Å². The van der Waals surface area contributed by atoms with Crippen LogP contribution in [-0.2, 0) is 16.1 Å². The van der Waals surface area contributed by atoms with Crippen molar-refractivity contribution in [2.75, 3.05) is 30.3 Å². The van der Waals surface area contributed by atoms with Crippen LogP contribution < -0.4 is 10.6 Å². The lowest BCUT2D eigenvalue weighted by atomic mass is 10.2. The van der Waals surface area contributed by atoms with Crippen LogP contribution in [0, 0.1) is 6.92 Å². The lowest BCUT2D eigenvalue weighted by Gasteiger charge is -2.15. The van der Waals surface area contributed by atoms with Gasteiger partial charge in [-0.05, 0) is 38.8 Å². The number of nitrogens with zero attached hydrogens (tertiary/aromatic N) is 5. The van der Waals surface area contributed by atoms with Crippen molar-refractivity contribution in [1.82, 2.24) is 20.2 Å². The van der Waals surface area contributed by atoms with Gasteiger partial charge in [0.25, 0.3) is 0 Å². The quantitative estimate of drug-likeness (QED) is 0.577. The Balaban J connectivity index is 1.47. The Hall–Kier alpha value is -3.76. The highest BCUT2D eigenvalue weighted by atomic mass is 16.5. The summed E-state index contributed by atoms with van der Waals surface area (Å²) < 4.78 is 15.8. The molecule has 4 heterocycles. The number of aromatic nitrogens is 4. The summed E-state index contributed by atoms with van der Waals surface area (Å²) in [5.74, 6) is -0.0113. The normalized spacial score (nSPS) is 13.5. The van der Waals surface area contributed by atoms with Crippen LogP contribution >= 0.6 is 0 Å². The van der Waals surface area contributed by atoms with Gasteiger partial charge in [-0.15, -0.1) is 10.2 Å². The molecule has 0 amide bonds. The predicted octanol–water partition coefficient (Wildman–Crippen LogP) is 2.04. The molecule has 31 heavy (non-hydrogen) atoms. The van der Waals surface area contributed by atoms with Gasteiger partial charge in [0.1, 0.15) is 17.1 Å². The Morgan fingerprint density at radius 1 is 1.13 bits per heavy atom. The Kier molecular flexibility index (Phi) is 5.65. The Morgan fingerprint density at radius 3 is 2.58 bits per heavy atom. The maximum Gasteiger partial charge on any atom is 0.359 e. The zero-order valence-electron chi connectivity index (χ0n) is 17.3. The predicted molar refractivity (Wildman–Crippen MR) is 110 cm³/mol. The van der Waals surface area contributed by atoms with Crippen molar-refractivity contribution in [1.29, 1.82) is 0 Å². The van der Waals surface area contributed by atoms with E-state index in [0.29, 0.717) is 5.76 Å². The number of anilines is 2. The largest absolute Gasteiger partial charge is 0.462 e. The lowest BCUT2D eigenvalue weighted by Crippen LogP contribution is -2.20. The molecule has 1 saturated heterocycles. The van der Waals surface area contributed by atoms with E-state index in [9.17, 15) is 9.59 Å². The van der Waals surface area contributed by atoms with Gasteiger partial charge in [0.2, 0.25) is 5.71 Å². The van der Waals surface area contributed by atoms with E-state index in [1.165, 1.54) is 0 Å². The number of carbonyl (C=O) groups excluding carboxylic acids is 2. The molecule has 0 radical (unpaired) electrons. The molecule has 162 valence electrons. The van der Waals surface area contributed by atoms with Crippen molar-refractivity contribution in [3.8, 4) is 0 Å². The van der Waals surface area contributed by atoms with Crippen molar-refractivity contribution in [2.45, 2.75) is 33.3 Å². The minimum Gasteiger partial charge on any atom is -0.462 e. The molecule has 0 spiro atoms. The molecule has 1 aliphatic heterocycles. The number of hydrogen-bond acceptors (Lipinski definition) is 11. The first-order valence-electron chi connectivity index (χ1n) is 9.96. The second kappa shape index (κ2) is 8.54. The molecule has 0 bridgehead atoms. The highest BCUT2D eigenvalue weighted by Crippen LogP contribution is 2.29. The van der Waals surface area contributed by atoms with Gasteiger partial charge in [-0.3, -0.25) is 0 Å². The van der Waals surface area contributed by atoms with Gasteiger partial charge < -0.3 is 24.5 Å². The van der Waals surface area contributed by atoms with Gasteiger partial charge in [0, 0.05) is 13.1 Å². The van der Waals surface area contributed by atoms with Crippen LogP contribution in [0.4, 0.5) is 11.6 Å². The summed E-state index contributed by atoms with van der Waals surface area (Å²) in [5, 5.41) is 8.33. The van der Waals surface area contributed by atoms with E-state index >= 15 is 0 Å². The number of nitrogens with two attached hydrogens (primary N) is 1. The highest BCUT2D eigenvalue weighted by molar-refractivity contribution is 6.07. The summed E-state index contributed by atoms with van der Waals surface area (Å²) in [6.45, 7) is 5.14. The molecule has 3 aromatic rings. The Labute approximate surface area is 177 Å². The second-order valence-corrected chi connectivity index (χ2v) is 7.01. The first-order chi connectivity index (χ1) is 15.0. The van der Waals surface area contributed by atoms with Gasteiger partial charge >= 0.3 is 11.9 Å². The summed E-state index contributed by atoms with van der Waals surface area (Å²) in [4.78, 5) is 34.9. The summed E-state index contributed by atoms with van der Waals surface area (Å²) in [5.41, 5.74) is 6.40. The summed E-state index contributed by atoms with van der Waals surface area (Å²) >= 11 is 0. The average Bonchev–Trinajstić information content (AvgIpc) is 3.40. The van der Waals surface area contributed by atoms with E-state index in [1.54, 1.807) is 26.0 Å². The molecule has 1 aliphatic rings. The minimum absolute atomic E-state index is 0.0331. The number of carbonyl (C=O) groups is 2. The van der Waals surface area contributed by atoms with Gasteiger partial charge in [-0.1, -0.05) is 0 Å². The summed E-state index contributed by atoms with van der Waals surface area (Å²) in [7, 11) is 0. The Morgan fingerprint density at radius 2 is 1.90 bits per heavy atom. The zero-order valence-corrected chi connectivity index (χ0v) is 17.3. The number of furan rings is 1. The number of fused-ring (bicyclic) bond motifs is 1. The number of rotatable bonds is 6. The van der Waals surface area contributed by atoms with Gasteiger partial charge in [-0.2, -0.15) is 4.98 Å². The van der Waals surface area contributed by atoms with Crippen molar-refractivity contribution in [2.24, 2.45) is 0 Å². The number of ether oxygens (including phenoxy) is 2. The molecule has 2 N–H and O–H groups in total. The van der Waals surface area contributed by atoms with Crippen LogP contribution in [-0.4, -0.2) is 51.8 Å². The van der Waals surface area contributed by atoms with Crippen LogP contribution in [0.5, 0.6) is 0 Å². The van der Waals surface area contributed by atoms with Crippen LogP contribution in [0.3, 0.4) is 0 Å². The van der Waals surface area contributed by atoms with Crippen molar-refractivity contribution in [3.63, 3.8) is 0 Å². The molecule has 3 aromatic heterocycles. The molecular weight excluding hydrogens is 404 g/mol. The smallest absolute Gasteiger partial charge is 0.359 e. The molecule has 0 atom stereocenters. The van der Waals surface area contributed by atoms with E-state index in [-0.39, 0.29) is 47.2 Å². The third-order valence-electron chi connectivity index (χ3n) is 4.90. The van der Waals surface area contributed by atoms with Crippen LogP contribution in [0.15, 0.2) is 16.5 Å². The van der Waals surface area contributed by atoms with E-state index in [0.717, 1.165) is 31.7 Å². The summed E-state index contributed by atoms with van der Waals surface area (Å²) in [6.07, 6.45) is 2.24. The standard InChI is InChI=1S/C20H22N6O5/c1-3-29-20(28)15-11(2)31-18-16(15)17(21)22-13(23-18)10-30-19(27)12-6-7-14(25-24-12)26-8-4-5-9-26/h6-7H,3-5,8-10H2,1-2H3,(H2,21,22,23). The van der Waals surface area contributed by atoms with Crippen LogP contribution in [0.2, 0.25) is 0 Å². The maximum atomic E-state index is 12.3. The first-order valence-corrected chi connectivity index (χ1v) is 9.96. The molecule has 0 aliphatic carbocycles. The van der Waals surface area contributed by atoms with Crippen LogP contribution in [0.25, 0.3) is 11.1 Å². The minimum atomic E-state index is -0.662. The zero-order chi connectivity index (χ0) is 22.0. The topological polar surface area (TPSA) is 147 Å². The fourth-order valence-corrected chi connectivity index (χ4v) is 3.45. The van der Waals surface area contributed by atoms with Crippen molar-refractivity contribution >= 4 is 34.7 Å². The number of hydrogen-bond donors (Lipinski definition) is 1. The third-order valence-corrected chi connectivity index (χ3v) is 4.90. The average molecular weight is 426 g/mol. The fraction of sp³-hybridized carbons (Fsp3) is 0.400. The molecule has 0 unspecified atom stereocenters. The molecule has 11 nitrogen and oxygen atoms in total. The van der Waals surface area contributed by atoms with Crippen molar-refractivity contribution < 1.29 is 23.5 Å². The number of nitrogen functional groups attached to an aromatic ring is 1. The molecule has 1 fully saturated rings. The van der Waals surface area contributed by atoms with Crippen LogP contribution in [0.1, 0.15) is 52.2 Å². The second-order valence-electron chi connectivity index (χ2n) is 7.01. The third kappa shape index (κ3) is 4.11. The van der Waals surface area contributed by atoms with E-state index < -0.39 is 11.9 Å². The first kappa shape index (κ1) is 20.5. The fourth-order valence-electron chi connectivity index (χ4n) is 3.45. The molecule has 0 aromatic carbocycles. The van der Waals surface area contributed by atoms with E-state index in [2.05, 4.69) is 25.1 Å². The van der Waals surface area contributed by atoms with Gasteiger partial charge in [0.05, 0.1) is 12.0 Å². The monoisotopic (exact) mass is 426 g/mol. The van der Waals surface area contributed by atoms with E-state index in [4.69, 9.17) is 19.6 Å².